The van der Waals surface area contributed by atoms with Crippen LogP contribution in [0, 0.1) is 6.92 Å². The van der Waals surface area contributed by atoms with Crippen LogP contribution >= 0.6 is 0 Å². The first-order valence-corrected chi connectivity index (χ1v) is 9.24. The summed E-state index contributed by atoms with van der Waals surface area (Å²) in [5.74, 6) is -0.0166. The van der Waals surface area contributed by atoms with Crippen LogP contribution < -0.4 is 0 Å². The van der Waals surface area contributed by atoms with Crippen molar-refractivity contribution in [3.05, 3.63) is 11.9 Å². The van der Waals surface area contributed by atoms with Crippen molar-refractivity contribution in [2.75, 3.05) is 32.8 Å². The Morgan fingerprint density at radius 3 is 2.52 bits per heavy atom. The van der Waals surface area contributed by atoms with Crippen molar-refractivity contribution in [3.8, 4) is 0 Å². The number of hydrogen-bond donors (Lipinski definition) is 0. The van der Waals surface area contributed by atoms with Crippen molar-refractivity contribution in [3.63, 3.8) is 0 Å². The van der Waals surface area contributed by atoms with Gasteiger partial charge in [0.1, 0.15) is 11.0 Å². The molecule has 3 rings (SSSR count). The van der Waals surface area contributed by atoms with Gasteiger partial charge in [0.2, 0.25) is 10.0 Å². The monoisotopic (exact) mass is 342 g/mol. The lowest BCUT2D eigenvalue weighted by Crippen LogP contribution is -2.52. The van der Waals surface area contributed by atoms with Crippen LogP contribution in [0.25, 0.3) is 0 Å². The molecule has 23 heavy (non-hydrogen) atoms. The van der Waals surface area contributed by atoms with Gasteiger partial charge in [-0.2, -0.15) is 9.40 Å². The van der Waals surface area contributed by atoms with Crippen LogP contribution in [-0.2, 0) is 26.6 Å². The zero-order valence-corrected chi connectivity index (χ0v) is 14.3. The van der Waals surface area contributed by atoms with E-state index in [0.29, 0.717) is 38.5 Å². The quantitative estimate of drug-likeness (QED) is 0.756. The summed E-state index contributed by atoms with van der Waals surface area (Å²) < 4.78 is 33.8. The summed E-state index contributed by atoms with van der Waals surface area (Å²) in [5, 5.41) is 4.00. The summed E-state index contributed by atoms with van der Waals surface area (Å²) in [5.41, 5.74) is 0.614. The topological polar surface area (TPSA) is 84.7 Å². The fourth-order valence-electron chi connectivity index (χ4n) is 3.00. The number of nitrogens with zero attached hydrogens (tertiary/aromatic N) is 4. The van der Waals surface area contributed by atoms with E-state index in [1.165, 1.54) is 10.5 Å². The average Bonchev–Trinajstić information content (AvgIpc) is 3.18. The van der Waals surface area contributed by atoms with Crippen LogP contribution in [0.1, 0.15) is 18.5 Å². The number of hydrogen-bond acceptors (Lipinski definition) is 5. The van der Waals surface area contributed by atoms with E-state index in [2.05, 4.69) is 5.10 Å². The van der Waals surface area contributed by atoms with Gasteiger partial charge in [-0.1, -0.05) is 0 Å². The third-order valence-electron chi connectivity index (χ3n) is 4.56. The lowest BCUT2D eigenvalue weighted by Gasteiger charge is -2.34. The zero-order chi connectivity index (χ0) is 16.6. The molecule has 0 aromatic carbocycles. The van der Waals surface area contributed by atoms with Gasteiger partial charge in [-0.15, -0.1) is 0 Å². The molecule has 8 nitrogen and oxygen atoms in total. The fourth-order valence-corrected chi connectivity index (χ4v) is 4.60. The van der Waals surface area contributed by atoms with Crippen molar-refractivity contribution in [1.29, 1.82) is 0 Å². The predicted molar refractivity (Wildman–Crippen MR) is 82.3 cm³/mol. The van der Waals surface area contributed by atoms with Gasteiger partial charge in [-0.3, -0.25) is 9.48 Å². The molecule has 0 saturated carbocycles. The molecule has 9 heteroatoms. The first-order valence-electron chi connectivity index (χ1n) is 7.80. The number of carbonyl (C=O) groups is 1. The van der Waals surface area contributed by atoms with Gasteiger partial charge < -0.3 is 9.64 Å². The first kappa shape index (κ1) is 16.4. The number of piperazine rings is 1. The van der Waals surface area contributed by atoms with Crippen LogP contribution in [-0.4, -0.2) is 72.2 Å². The molecule has 128 valence electrons. The van der Waals surface area contributed by atoms with E-state index in [1.54, 1.807) is 23.6 Å². The minimum atomic E-state index is -3.56. The maximum Gasteiger partial charge on any atom is 0.251 e. The van der Waals surface area contributed by atoms with Gasteiger partial charge in [0, 0.05) is 39.8 Å². The van der Waals surface area contributed by atoms with E-state index in [0.717, 1.165) is 12.8 Å². The van der Waals surface area contributed by atoms with Crippen LogP contribution in [0.15, 0.2) is 11.1 Å². The minimum Gasteiger partial charge on any atom is -0.368 e. The Morgan fingerprint density at radius 1 is 1.30 bits per heavy atom. The Morgan fingerprint density at radius 2 is 2.00 bits per heavy atom. The second-order valence-electron chi connectivity index (χ2n) is 5.95. The third-order valence-corrected chi connectivity index (χ3v) is 6.57. The van der Waals surface area contributed by atoms with Gasteiger partial charge >= 0.3 is 0 Å². The SMILES string of the molecule is Cc1c(S(=O)(=O)N2CCN(C(=O)C3CCCO3)CC2)cnn1C. The molecule has 0 radical (unpaired) electrons. The molecule has 0 spiro atoms. The van der Waals surface area contributed by atoms with E-state index in [1.807, 2.05) is 0 Å². The number of rotatable bonds is 3. The molecule has 2 fully saturated rings. The zero-order valence-electron chi connectivity index (χ0n) is 13.4. The number of aromatic nitrogens is 2. The molecule has 1 aromatic heterocycles. The molecule has 1 atom stereocenters. The largest absolute Gasteiger partial charge is 0.368 e. The number of ether oxygens (including phenoxy) is 1. The lowest BCUT2D eigenvalue weighted by atomic mass is 10.2. The highest BCUT2D eigenvalue weighted by Gasteiger charge is 2.35. The molecular formula is C14H22N4O4S. The predicted octanol–water partition coefficient (Wildman–Crippen LogP) is -0.260. The fraction of sp³-hybridized carbons (Fsp3) is 0.714. The van der Waals surface area contributed by atoms with E-state index in [9.17, 15) is 13.2 Å². The second-order valence-corrected chi connectivity index (χ2v) is 7.86. The summed E-state index contributed by atoms with van der Waals surface area (Å²) in [6.45, 7) is 3.76. The minimum absolute atomic E-state index is 0.0166. The van der Waals surface area contributed by atoms with Crippen LogP contribution in [0.4, 0.5) is 0 Å². The molecule has 0 aliphatic carbocycles. The highest BCUT2D eigenvalue weighted by Crippen LogP contribution is 2.21. The van der Waals surface area contributed by atoms with Crippen molar-refractivity contribution in [2.24, 2.45) is 7.05 Å². The molecule has 1 unspecified atom stereocenters. The summed E-state index contributed by atoms with van der Waals surface area (Å²) >= 11 is 0. The summed E-state index contributed by atoms with van der Waals surface area (Å²) in [7, 11) is -1.84. The first-order chi connectivity index (χ1) is 10.9. The molecule has 3 heterocycles. The van der Waals surface area contributed by atoms with Gasteiger partial charge in [0.25, 0.3) is 5.91 Å². The van der Waals surface area contributed by atoms with Crippen molar-refractivity contribution >= 4 is 15.9 Å². The molecular weight excluding hydrogens is 320 g/mol. The van der Waals surface area contributed by atoms with Crippen LogP contribution in [0.3, 0.4) is 0 Å². The second kappa shape index (κ2) is 6.21. The van der Waals surface area contributed by atoms with E-state index in [4.69, 9.17) is 4.74 Å². The summed E-state index contributed by atoms with van der Waals surface area (Å²) in [4.78, 5) is 14.2. The van der Waals surface area contributed by atoms with E-state index < -0.39 is 10.0 Å². The third kappa shape index (κ3) is 3.00. The van der Waals surface area contributed by atoms with Crippen LogP contribution in [0.5, 0.6) is 0 Å². The maximum atomic E-state index is 12.7. The van der Waals surface area contributed by atoms with Gasteiger partial charge in [0.05, 0.1) is 11.9 Å². The van der Waals surface area contributed by atoms with Crippen molar-refractivity contribution in [1.82, 2.24) is 19.0 Å². The van der Waals surface area contributed by atoms with E-state index >= 15 is 0 Å². The van der Waals surface area contributed by atoms with Crippen molar-refractivity contribution in [2.45, 2.75) is 30.8 Å². The van der Waals surface area contributed by atoms with Crippen LogP contribution in [0.2, 0.25) is 0 Å². The molecule has 0 bridgehead atoms. The highest BCUT2D eigenvalue weighted by molar-refractivity contribution is 7.89. The Hall–Kier alpha value is -1.45. The maximum absolute atomic E-state index is 12.7. The summed E-state index contributed by atoms with van der Waals surface area (Å²) in [6.07, 6.45) is 2.70. The van der Waals surface area contributed by atoms with Gasteiger partial charge in [-0.25, -0.2) is 8.42 Å². The van der Waals surface area contributed by atoms with E-state index in [-0.39, 0.29) is 16.9 Å². The lowest BCUT2D eigenvalue weighted by molar-refractivity contribution is -0.142. The molecule has 2 aliphatic rings. The molecule has 2 saturated heterocycles. The Kier molecular flexibility index (Phi) is 4.43. The summed E-state index contributed by atoms with van der Waals surface area (Å²) in [6, 6.07) is 0. The number of carbonyl (C=O) groups excluding carboxylic acids is 1. The number of sulfonamides is 1. The number of amides is 1. The Labute approximate surface area is 136 Å². The van der Waals surface area contributed by atoms with Gasteiger partial charge in [0.15, 0.2) is 0 Å². The van der Waals surface area contributed by atoms with Gasteiger partial charge in [-0.05, 0) is 19.8 Å². The number of aryl methyl sites for hydroxylation is 1. The average molecular weight is 342 g/mol. The molecule has 2 aliphatic heterocycles. The molecule has 0 N–H and O–H groups in total. The highest BCUT2D eigenvalue weighted by atomic mass is 32.2. The molecule has 1 aromatic rings. The standard InChI is InChI=1S/C14H22N4O4S/c1-11-13(10-15-16(11)2)23(20,21)18-7-5-17(6-8-18)14(19)12-4-3-9-22-12/h10,12H,3-9H2,1-2H3. The smallest absolute Gasteiger partial charge is 0.251 e. The normalized spacial score (nSPS) is 23.4. The molecule has 1 amide bonds. The van der Waals surface area contributed by atoms with Crippen molar-refractivity contribution < 1.29 is 17.9 Å². The Bertz CT molecular complexity index is 686. The Balaban J connectivity index is 1.66.